The van der Waals surface area contributed by atoms with Crippen molar-refractivity contribution in [1.29, 1.82) is 0 Å². The molecule has 0 radical (unpaired) electrons. The number of benzene rings is 1. The zero-order chi connectivity index (χ0) is 11.2. The average molecular weight is 214 g/mol. The van der Waals surface area contributed by atoms with Crippen LogP contribution in [0.5, 0.6) is 5.75 Å². The third kappa shape index (κ3) is 2.83. The Morgan fingerprint density at radius 2 is 1.69 bits per heavy atom. The van der Waals surface area contributed by atoms with Crippen molar-refractivity contribution < 1.29 is 9.30 Å². The molecule has 2 rings (SSSR count). The molecule has 16 heavy (non-hydrogen) atoms. The minimum absolute atomic E-state index is 0.715. The van der Waals surface area contributed by atoms with E-state index in [1.54, 1.807) is 0 Å². The molecule has 0 N–H and O–H groups in total. The van der Waals surface area contributed by atoms with E-state index < -0.39 is 0 Å². The Morgan fingerprint density at radius 3 is 2.31 bits per heavy atom. The van der Waals surface area contributed by atoms with Crippen LogP contribution in [-0.4, -0.2) is 6.61 Å². The highest BCUT2D eigenvalue weighted by atomic mass is 16.5. The van der Waals surface area contributed by atoms with Gasteiger partial charge in [-0.1, -0.05) is 6.07 Å². The van der Waals surface area contributed by atoms with Gasteiger partial charge in [-0.15, -0.1) is 0 Å². The highest BCUT2D eigenvalue weighted by Gasteiger charge is 2.01. The van der Waals surface area contributed by atoms with Crippen LogP contribution >= 0.6 is 0 Å². The summed E-state index contributed by atoms with van der Waals surface area (Å²) in [6.45, 7) is 3.60. The number of hydrogen-bond acceptors (Lipinski definition) is 1. The Morgan fingerprint density at radius 1 is 1.00 bits per heavy atom. The summed E-state index contributed by atoms with van der Waals surface area (Å²) < 4.78 is 7.55. The van der Waals surface area contributed by atoms with E-state index in [-0.39, 0.29) is 0 Å². The highest BCUT2D eigenvalue weighted by Crippen LogP contribution is 2.11. The van der Waals surface area contributed by atoms with E-state index in [2.05, 4.69) is 29.1 Å². The predicted molar refractivity (Wildman–Crippen MR) is 63.4 cm³/mol. The summed E-state index contributed by atoms with van der Waals surface area (Å²) in [5.41, 5.74) is 1.28. The lowest BCUT2D eigenvalue weighted by molar-refractivity contribution is -0.688. The first-order valence-corrected chi connectivity index (χ1v) is 5.54. The summed E-state index contributed by atoms with van der Waals surface area (Å²) in [7, 11) is 0. The number of rotatable bonds is 4. The Bertz CT molecular complexity index is 422. The van der Waals surface area contributed by atoms with Crippen molar-refractivity contribution in [2.24, 2.45) is 0 Å². The van der Waals surface area contributed by atoms with Crippen LogP contribution in [0.3, 0.4) is 0 Å². The minimum atomic E-state index is 0.715. The predicted octanol–water partition coefficient (Wildman–Crippen LogP) is 2.42. The lowest BCUT2D eigenvalue weighted by Gasteiger charge is -2.03. The SMILES string of the molecule is CCOc1ccc(C[n+]2ccccc2)cc1. The van der Waals surface area contributed by atoms with E-state index in [1.807, 2.05) is 37.3 Å². The number of pyridine rings is 1. The average Bonchev–Trinajstić information content (AvgIpc) is 2.33. The summed E-state index contributed by atoms with van der Waals surface area (Å²) in [5.74, 6) is 0.935. The fraction of sp³-hybridized carbons (Fsp3) is 0.214. The van der Waals surface area contributed by atoms with Crippen LogP contribution in [0.4, 0.5) is 0 Å². The zero-order valence-electron chi connectivity index (χ0n) is 9.47. The quantitative estimate of drug-likeness (QED) is 0.712. The van der Waals surface area contributed by atoms with Crippen LogP contribution in [0.15, 0.2) is 54.9 Å². The van der Waals surface area contributed by atoms with Crippen LogP contribution in [-0.2, 0) is 6.54 Å². The van der Waals surface area contributed by atoms with Gasteiger partial charge in [0.05, 0.1) is 6.61 Å². The van der Waals surface area contributed by atoms with Gasteiger partial charge in [-0.2, -0.15) is 0 Å². The van der Waals surface area contributed by atoms with Crippen molar-refractivity contribution in [3.8, 4) is 5.75 Å². The largest absolute Gasteiger partial charge is 0.494 e. The van der Waals surface area contributed by atoms with Gasteiger partial charge in [0.1, 0.15) is 5.75 Å². The first-order valence-electron chi connectivity index (χ1n) is 5.54. The zero-order valence-corrected chi connectivity index (χ0v) is 9.47. The molecule has 0 unspecified atom stereocenters. The lowest BCUT2D eigenvalue weighted by Crippen LogP contribution is -2.32. The van der Waals surface area contributed by atoms with Crippen molar-refractivity contribution in [2.75, 3.05) is 6.61 Å². The molecule has 0 aliphatic rings. The van der Waals surface area contributed by atoms with Gasteiger partial charge >= 0.3 is 0 Å². The molecule has 0 fully saturated rings. The minimum Gasteiger partial charge on any atom is -0.494 e. The molecule has 0 saturated heterocycles. The summed E-state index contributed by atoms with van der Waals surface area (Å²) in [6.07, 6.45) is 4.13. The van der Waals surface area contributed by atoms with Gasteiger partial charge < -0.3 is 4.74 Å². The normalized spacial score (nSPS) is 10.1. The maximum absolute atomic E-state index is 5.40. The van der Waals surface area contributed by atoms with Gasteiger partial charge in [-0.25, -0.2) is 4.57 Å². The molecule has 0 atom stereocenters. The molecular weight excluding hydrogens is 198 g/mol. The first-order chi connectivity index (χ1) is 7.88. The Balaban J connectivity index is 2.05. The second-order valence-electron chi connectivity index (χ2n) is 3.62. The van der Waals surface area contributed by atoms with E-state index in [0.29, 0.717) is 6.61 Å². The third-order valence-corrected chi connectivity index (χ3v) is 2.38. The second kappa shape index (κ2) is 5.31. The Hall–Kier alpha value is -1.83. The lowest BCUT2D eigenvalue weighted by atomic mass is 10.2. The number of nitrogens with zero attached hydrogens (tertiary/aromatic N) is 1. The van der Waals surface area contributed by atoms with E-state index >= 15 is 0 Å². The van der Waals surface area contributed by atoms with Crippen molar-refractivity contribution in [2.45, 2.75) is 13.5 Å². The van der Waals surface area contributed by atoms with Crippen molar-refractivity contribution >= 4 is 0 Å². The van der Waals surface area contributed by atoms with Crippen molar-refractivity contribution in [3.63, 3.8) is 0 Å². The number of hydrogen-bond donors (Lipinski definition) is 0. The van der Waals surface area contributed by atoms with E-state index in [0.717, 1.165) is 12.3 Å². The molecule has 82 valence electrons. The topological polar surface area (TPSA) is 13.1 Å². The van der Waals surface area contributed by atoms with E-state index in [9.17, 15) is 0 Å². The maximum atomic E-state index is 5.40. The number of aromatic nitrogens is 1. The monoisotopic (exact) mass is 214 g/mol. The number of ether oxygens (including phenoxy) is 1. The molecule has 1 heterocycles. The summed E-state index contributed by atoms with van der Waals surface area (Å²) in [4.78, 5) is 0. The fourth-order valence-corrected chi connectivity index (χ4v) is 1.61. The summed E-state index contributed by atoms with van der Waals surface area (Å²) in [6, 6.07) is 14.3. The molecule has 2 nitrogen and oxygen atoms in total. The molecule has 1 aromatic heterocycles. The Labute approximate surface area is 96.1 Å². The van der Waals surface area contributed by atoms with Gasteiger partial charge in [0.25, 0.3) is 0 Å². The van der Waals surface area contributed by atoms with E-state index in [4.69, 9.17) is 4.74 Å². The summed E-state index contributed by atoms with van der Waals surface area (Å²) >= 11 is 0. The molecule has 0 bridgehead atoms. The third-order valence-electron chi connectivity index (χ3n) is 2.38. The van der Waals surface area contributed by atoms with Gasteiger partial charge in [-0.05, 0) is 31.2 Å². The molecule has 2 aromatic rings. The molecule has 2 heteroatoms. The van der Waals surface area contributed by atoms with E-state index in [1.165, 1.54) is 5.56 Å². The first kappa shape index (κ1) is 10.7. The van der Waals surface area contributed by atoms with Gasteiger partial charge in [0.2, 0.25) is 0 Å². The molecule has 0 aliphatic heterocycles. The van der Waals surface area contributed by atoms with Gasteiger partial charge in [-0.3, -0.25) is 0 Å². The smallest absolute Gasteiger partial charge is 0.173 e. The molecule has 0 aliphatic carbocycles. The maximum Gasteiger partial charge on any atom is 0.173 e. The van der Waals surface area contributed by atoms with Crippen LogP contribution < -0.4 is 9.30 Å². The van der Waals surface area contributed by atoms with Crippen molar-refractivity contribution in [1.82, 2.24) is 0 Å². The molecule has 0 saturated carbocycles. The molecule has 0 spiro atoms. The van der Waals surface area contributed by atoms with Crippen LogP contribution in [0.25, 0.3) is 0 Å². The molecule has 1 aromatic carbocycles. The summed E-state index contributed by atoms with van der Waals surface area (Å²) in [5, 5.41) is 0. The highest BCUT2D eigenvalue weighted by molar-refractivity contribution is 5.26. The van der Waals surface area contributed by atoms with Crippen molar-refractivity contribution in [3.05, 3.63) is 60.4 Å². The molecule has 0 amide bonds. The van der Waals surface area contributed by atoms with Crippen LogP contribution in [0.2, 0.25) is 0 Å². The van der Waals surface area contributed by atoms with Crippen LogP contribution in [0.1, 0.15) is 12.5 Å². The second-order valence-corrected chi connectivity index (χ2v) is 3.62. The standard InChI is InChI=1S/C14H16NO/c1-2-16-14-8-6-13(7-9-14)12-15-10-4-3-5-11-15/h3-11H,2,12H2,1H3/q+1. The fourth-order valence-electron chi connectivity index (χ4n) is 1.61. The van der Waals surface area contributed by atoms with Gasteiger partial charge in [0, 0.05) is 17.7 Å². The Kier molecular flexibility index (Phi) is 3.54. The van der Waals surface area contributed by atoms with Gasteiger partial charge in [0.15, 0.2) is 18.9 Å². The molecular formula is C14H16NO+. The van der Waals surface area contributed by atoms with Crippen LogP contribution in [0, 0.1) is 0 Å².